The van der Waals surface area contributed by atoms with Gasteiger partial charge in [0.2, 0.25) is 0 Å². The second kappa shape index (κ2) is 7.24. The van der Waals surface area contributed by atoms with Gasteiger partial charge in [0.1, 0.15) is 17.7 Å². The second-order valence-electron chi connectivity index (χ2n) is 5.92. The Kier molecular flexibility index (Phi) is 4.62. The number of methoxy groups -OCH3 is 1. The number of nitrogens with zero attached hydrogens (tertiary/aromatic N) is 2. The van der Waals surface area contributed by atoms with Crippen LogP contribution in [0.15, 0.2) is 68.8 Å². The SMILES string of the molecule is COC(=O)Cn1c(=NC(=O)c2cc3ccccc3oc2=O)sc2ccccc21. The molecular formula is C20H14N2O5S. The third-order valence-corrected chi connectivity index (χ3v) is 5.23. The first kappa shape index (κ1) is 17.9. The normalized spacial score (nSPS) is 11.8. The minimum atomic E-state index is -0.756. The van der Waals surface area contributed by atoms with E-state index >= 15 is 0 Å². The Morgan fingerprint density at radius 2 is 1.89 bits per heavy atom. The fraction of sp³-hybridized carbons (Fsp3) is 0.100. The number of amides is 1. The first-order valence-electron chi connectivity index (χ1n) is 8.34. The van der Waals surface area contributed by atoms with E-state index in [-0.39, 0.29) is 12.1 Å². The van der Waals surface area contributed by atoms with Crippen LogP contribution in [-0.4, -0.2) is 23.6 Å². The van der Waals surface area contributed by atoms with E-state index < -0.39 is 17.5 Å². The molecule has 0 aliphatic rings. The highest BCUT2D eigenvalue weighted by Crippen LogP contribution is 2.17. The summed E-state index contributed by atoms with van der Waals surface area (Å²) in [5.41, 5.74) is 0.218. The number of aromatic nitrogens is 1. The largest absolute Gasteiger partial charge is 0.468 e. The van der Waals surface area contributed by atoms with E-state index in [4.69, 9.17) is 9.15 Å². The topological polar surface area (TPSA) is 90.9 Å². The molecule has 2 aromatic heterocycles. The van der Waals surface area contributed by atoms with Crippen LogP contribution in [0.5, 0.6) is 0 Å². The van der Waals surface area contributed by atoms with Gasteiger partial charge in [-0.15, -0.1) is 0 Å². The molecule has 4 rings (SSSR count). The summed E-state index contributed by atoms with van der Waals surface area (Å²) < 4.78 is 12.4. The summed E-state index contributed by atoms with van der Waals surface area (Å²) >= 11 is 1.24. The predicted octanol–water partition coefficient (Wildman–Crippen LogP) is 2.72. The Morgan fingerprint density at radius 1 is 1.14 bits per heavy atom. The van der Waals surface area contributed by atoms with Crippen molar-refractivity contribution in [1.82, 2.24) is 4.57 Å². The van der Waals surface area contributed by atoms with E-state index in [0.717, 1.165) is 10.2 Å². The van der Waals surface area contributed by atoms with Crippen LogP contribution in [0.25, 0.3) is 21.2 Å². The molecule has 4 aromatic rings. The van der Waals surface area contributed by atoms with Crippen LogP contribution in [0.3, 0.4) is 0 Å². The maximum absolute atomic E-state index is 12.7. The first-order chi connectivity index (χ1) is 13.6. The van der Waals surface area contributed by atoms with Gasteiger partial charge >= 0.3 is 11.6 Å². The first-order valence-corrected chi connectivity index (χ1v) is 9.15. The minimum absolute atomic E-state index is 0.0983. The van der Waals surface area contributed by atoms with E-state index in [0.29, 0.717) is 15.8 Å². The van der Waals surface area contributed by atoms with Crippen molar-refractivity contribution in [1.29, 1.82) is 0 Å². The zero-order valence-corrected chi connectivity index (χ0v) is 15.6. The smallest absolute Gasteiger partial charge is 0.349 e. The molecule has 1 amide bonds. The molecule has 0 fully saturated rings. The zero-order valence-electron chi connectivity index (χ0n) is 14.7. The average Bonchev–Trinajstić information content (AvgIpc) is 3.04. The number of thiazole rings is 1. The quantitative estimate of drug-likeness (QED) is 0.394. The molecule has 140 valence electrons. The molecule has 7 nitrogen and oxygen atoms in total. The van der Waals surface area contributed by atoms with E-state index in [9.17, 15) is 14.4 Å². The average molecular weight is 394 g/mol. The number of fused-ring (bicyclic) bond motifs is 2. The van der Waals surface area contributed by atoms with Crippen LogP contribution >= 0.6 is 11.3 Å². The molecule has 2 aromatic carbocycles. The van der Waals surface area contributed by atoms with Gasteiger partial charge in [-0.1, -0.05) is 41.7 Å². The van der Waals surface area contributed by atoms with Crippen molar-refractivity contribution >= 4 is 44.4 Å². The summed E-state index contributed by atoms with van der Waals surface area (Å²) in [6.45, 7) is -0.0983. The fourth-order valence-electron chi connectivity index (χ4n) is 2.81. The molecule has 0 radical (unpaired) electrons. The minimum Gasteiger partial charge on any atom is -0.468 e. The molecule has 0 atom stereocenters. The van der Waals surface area contributed by atoms with Gasteiger partial charge in [0.25, 0.3) is 5.91 Å². The van der Waals surface area contributed by atoms with Gasteiger partial charge in [-0.05, 0) is 24.3 Å². The summed E-state index contributed by atoms with van der Waals surface area (Å²) in [5, 5.41) is 0.624. The molecule has 0 bridgehead atoms. The van der Waals surface area contributed by atoms with E-state index in [2.05, 4.69) is 4.99 Å². The van der Waals surface area contributed by atoms with Crippen molar-refractivity contribution < 1.29 is 18.7 Å². The highest BCUT2D eigenvalue weighted by atomic mass is 32.1. The van der Waals surface area contributed by atoms with Gasteiger partial charge in [-0.3, -0.25) is 9.59 Å². The summed E-state index contributed by atoms with van der Waals surface area (Å²) in [7, 11) is 1.29. The highest BCUT2D eigenvalue weighted by Gasteiger charge is 2.15. The molecular weight excluding hydrogens is 380 g/mol. The lowest BCUT2D eigenvalue weighted by Crippen LogP contribution is -2.23. The zero-order chi connectivity index (χ0) is 19.7. The molecule has 0 N–H and O–H groups in total. The number of esters is 1. The Bertz CT molecular complexity index is 1350. The number of carbonyl (C=O) groups is 2. The third-order valence-electron chi connectivity index (χ3n) is 4.17. The lowest BCUT2D eigenvalue weighted by Gasteiger charge is -2.03. The van der Waals surface area contributed by atoms with Crippen molar-refractivity contribution in [2.75, 3.05) is 7.11 Å². The molecule has 8 heteroatoms. The van der Waals surface area contributed by atoms with Gasteiger partial charge in [-0.2, -0.15) is 4.99 Å². The second-order valence-corrected chi connectivity index (χ2v) is 6.93. The van der Waals surface area contributed by atoms with Crippen molar-refractivity contribution in [3.8, 4) is 0 Å². The van der Waals surface area contributed by atoms with Gasteiger partial charge in [-0.25, -0.2) is 4.79 Å². The number of para-hydroxylation sites is 2. The van der Waals surface area contributed by atoms with Crippen LogP contribution in [0.2, 0.25) is 0 Å². The van der Waals surface area contributed by atoms with Crippen LogP contribution in [0.4, 0.5) is 0 Å². The number of hydrogen-bond donors (Lipinski definition) is 0. The van der Waals surface area contributed by atoms with Gasteiger partial charge in [0.15, 0.2) is 4.80 Å². The summed E-state index contributed by atoms with van der Waals surface area (Å²) in [4.78, 5) is 41.1. The summed E-state index contributed by atoms with van der Waals surface area (Å²) in [5.74, 6) is -1.20. The lowest BCUT2D eigenvalue weighted by atomic mass is 10.2. The number of ether oxygens (including phenoxy) is 1. The lowest BCUT2D eigenvalue weighted by molar-refractivity contribution is -0.141. The number of hydrogen-bond acceptors (Lipinski definition) is 6. The van der Waals surface area contributed by atoms with E-state index in [1.807, 2.05) is 24.3 Å². The number of rotatable bonds is 3. The molecule has 0 aliphatic heterocycles. The maximum Gasteiger partial charge on any atom is 0.349 e. The Morgan fingerprint density at radius 3 is 2.71 bits per heavy atom. The summed E-state index contributed by atoms with van der Waals surface area (Å²) in [6, 6.07) is 15.7. The standard InChI is InChI=1S/C20H14N2O5S/c1-26-17(23)11-22-14-7-3-5-9-16(14)28-20(22)21-18(24)13-10-12-6-2-4-8-15(12)27-19(13)25/h2-10H,11H2,1H3. The molecule has 0 saturated carbocycles. The Labute approximate surface area is 162 Å². The third kappa shape index (κ3) is 3.25. The van der Waals surface area contributed by atoms with Gasteiger partial charge < -0.3 is 13.7 Å². The Hall–Kier alpha value is -3.52. The van der Waals surface area contributed by atoms with Crippen molar-refractivity contribution in [3.63, 3.8) is 0 Å². The van der Waals surface area contributed by atoms with Crippen molar-refractivity contribution in [3.05, 3.63) is 75.4 Å². The molecule has 2 heterocycles. The molecule has 0 aliphatic carbocycles. The van der Waals surface area contributed by atoms with Crippen molar-refractivity contribution in [2.45, 2.75) is 6.54 Å². The van der Waals surface area contributed by atoms with E-state index in [1.165, 1.54) is 24.5 Å². The number of carbonyl (C=O) groups excluding carboxylic acids is 2. The Balaban J connectivity index is 1.87. The van der Waals surface area contributed by atoms with Gasteiger partial charge in [0.05, 0.1) is 17.3 Å². The highest BCUT2D eigenvalue weighted by molar-refractivity contribution is 7.16. The molecule has 0 saturated heterocycles. The van der Waals surface area contributed by atoms with Crippen LogP contribution in [0.1, 0.15) is 10.4 Å². The van der Waals surface area contributed by atoms with Gasteiger partial charge in [0, 0.05) is 5.39 Å². The van der Waals surface area contributed by atoms with Crippen molar-refractivity contribution in [2.24, 2.45) is 4.99 Å². The monoisotopic (exact) mass is 394 g/mol. The van der Waals surface area contributed by atoms with E-state index in [1.54, 1.807) is 28.8 Å². The maximum atomic E-state index is 12.7. The summed E-state index contributed by atoms with van der Waals surface area (Å²) in [6.07, 6.45) is 0. The molecule has 0 unspecified atom stereocenters. The fourth-order valence-corrected chi connectivity index (χ4v) is 3.84. The number of benzene rings is 2. The molecule has 28 heavy (non-hydrogen) atoms. The van der Waals surface area contributed by atoms with Crippen LogP contribution in [0, 0.1) is 0 Å². The predicted molar refractivity (Wildman–Crippen MR) is 104 cm³/mol. The van der Waals surface area contributed by atoms with Crippen LogP contribution in [-0.2, 0) is 16.1 Å². The van der Waals surface area contributed by atoms with Crippen LogP contribution < -0.4 is 10.4 Å². The molecule has 0 spiro atoms.